The highest BCUT2D eigenvalue weighted by atomic mass is 35.5. The van der Waals surface area contributed by atoms with Crippen molar-refractivity contribution in [2.75, 3.05) is 0 Å². The van der Waals surface area contributed by atoms with Crippen LogP contribution in [0.4, 0.5) is 0 Å². The van der Waals surface area contributed by atoms with Gasteiger partial charge in [0.25, 0.3) is 0 Å². The first-order valence-corrected chi connectivity index (χ1v) is 6.31. The summed E-state index contributed by atoms with van der Waals surface area (Å²) < 4.78 is 0. The lowest BCUT2D eigenvalue weighted by atomic mass is 10.0. The van der Waals surface area contributed by atoms with Gasteiger partial charge in [-0.05, 0) is 37.1 Å². The van der Waals surface area contributed by atoms with E-state index in [0.29, 0.717) is 22.3 Å². The summed E-state index contributed by atoms with van der Waals surface area (Å²) in [6.45, 7) is 1.84. The summed E-state index contributed by atoms with van der Waals surface area (Å²) >= 11 is 12.0. The summed E-state index contributed by atoms with van der Waals surface area (Å²) in [5.41, 5.74) is 7.90. The molecular weight excluding hydrogens is 269 g/mol. The first kappa shape index (κ1) is 13.3. The van der Waals surface area contributed by atoms with E-state index in [9.17, 15) is 0 Å². The van der Waals surface area contributed by atoms with Crippen LogP contribution in [0.15, 0.2) is 30.5 Å². The van der Waals surface area contributed by atoms with E-state index in [-0.39, 0.29) is 6.04 Å². The maximum Gasteiger partial charge on any atom is 0.125 e. The molecule has 0 bridgehead atoms. The third-order valence-corrected chi connectivity index (χ3v) is 3.22. The number of hydrogen-bond acceptors (Lipinski definition) is 3. The quantitative estimate of drug-likeness (QED) is 0.939. The van der Waals surface area contributed by atoms with Crippen LogP contribution in [0.2, 0.25) is 10.0 Å². The van der Waals surface area contributed by atoms with Gasteiger partial charge >= 0.3 is 0 Å². The minimum absolute atomic E-state index is 0.203. The Balaban J connectivity index is 2.18. The average Bonchev–Trinajstić information content (AvgIpc) is 2.32. The first-order chi connectivity index (χ1) is 8.56. The van der Waals surface area contributed by atoms with Gasteiger partial charge in [0.15, 0.2) is 0 Å². The molecule has 1 aromatic heterocycles. The molecule has 3 nitrogen and oxygen atoms in total. The van der Waals surface area contributed by atoms with Gasteiger partial charge in [0.2, 0.25) is 0 Å². The van der Waals surface area contributed by atoms with Gasteiger partial charge in [0.1, 0.15) is 5.82 Å². The van der Waals surface area contributed by atoms with E-state index in [2.05, 4.69) is 9.97 Å². The highest BCUT2D eigenvalue weighted by molar-refractivity contribution is 6.35. The number of rotatable bonds is 3. The highest BCUT2D eigenvalue weighted by Gasteiger charge is 2.11. The summed E-state index contributed by atoms with van der Waals surface area (Å²) in [6, 6.07) is 7.03. The molecule has 1 heterocycles. The van der Waals surface area contributed by atoms with E-state index in [0.717, 1.165) is 11.3 Å². The molecule has 1 atom stereocenters. The number of benzene rings is 1. The molecule has 2 N–H and O–H groups in total. The van der Waals surface area contributed by atoms with Crippen molar-refractivity contribution in [3.8, 4) is 0 Å². The zero-order valence-corrected chi connectivity index (χ0v) is 11.4. The molecule has 0 fully saturated rings. The van der Waals surface area contributed by atoms with Crippen molar-refractivity contribution in [3.05, 3.63) is 57.6 Å². The van der Waals surface area contributed by atoms with Gasteiger partial charge in [0, 0.05) is 16.2 Å². The standard InChI is InChI=1S/C13H13Cl2N3/c1-8-17-5-4-13(18-8)12(16)6-9-2-3-10(14)7-11(9)15/h2-5,7,12H,6,16H2,1H3. The Bertz CT molecular complexity index is 558. The van der Waals surface area contributed by atoms with Crippen LogP contribution in [-0.4, -0.2) is 9.97 Å². The summed E-state index contributed by atoms with van der Waals surface area (Å²) in [5.74, 6) is 0.713. The number of aromatic nitrogens is 2. The van der Waals surface area contributed by atoms with Gasteiger partial charge in [-0.2, -0.15) is 0 Å². The SMILES string of the molecule is Cc1nccc(C(N)Cc2ccc(Cl)cc2Cl)n1. The molecule has 0 aliphatic heterocycles. The van der Waals surface area contributed by atoms with E-state index in [1.807, 2.05) is 19.1 Å². The van der Waals surface area contributed by atoms with Crippen LogP contribution in [0.5, 0.6) is 0 Å². The van der Waals surface area contributed by atoms with Gasteiger partial charge in [-0.15, -0.1) is 0 Å². The van der Waals surface area contributed by atoms with Crippen LogP contribution in [0.25, 0.3) is 0 Å². The minimum Gasteiger partial charge on any atom is -0.322 e. The van der Waals surface area contributed by atoms with Crippen LogP contribution >= 0.6 is 23.2 Å². The number of nitrogens with two attached hydrogens (primary N) is 1. The van der Waals surface area contributed by atoms with Gasteiger partial charge in [-0.3, -0.25) is 0 Å². The Hall–Kier alpha value is -1.16. The van der Waals surface area contributed by atoms with Crippen molar-refractivity contribution < 1.29 is 0 Å². The van der Waals surface area contributed by atoms with Crippen molar-refractivity contribution in [1.82, 2.24) is 9.97 Å². The molecule has 2 rings (SSSR count). The van der Waals surface area contributed by atoms with E-state index in [1.165, 1.54) is 0 Å². The predicted molar refractivity (Wildman–Crippen MR) is 73.9 cm³/mol. The first-order valence-electron chi connectivity index (χ1n) is 5.55. The fraction of sp³-hybridized carbons (Fsp3) is 0.231. The summed E-state index contributed by atoms with van der Waals surface area (Å²) in [6.07, 6.45) is 2.33. The molecule has 94 valence electrons. The van der Waals surface area contributed by atoms with Crippen LogP contribution in [-0.2, 0) is 6.42 Å². The second kappa shape index (κ2) is 5.65. The molecule has 0 aliphatic rings. The van der Waals surface area contributed by atoms with Crippen molar-refractivity contribution in [1.29, 1.82) is 0 Å². The molecule has 2 aromatic rings. The second-order valence-electron chi connectivity index (χ2n) is 4.08. The van der Waals surface area contributed by atoms with Crippen molar-refractivity contribution >= 4 is 23.2 Å². The van der Waals surface area contributed by atoms with E-state index < -0.39 is 0 Å². The lowest BCUT2D eigenvalue weighted by Crippen LogP contribution is -2.15. The zero-order valence-electron chi connectivity index (χ0n) is 9.90. The van der Waals surface area contributed by atoms with Crippen LogP contribution in [0.1, 0.15) is 23.1 Å². The molecule has 0 saturated heterocycles. The Labute approximate surface area is 116 Å². The van der Waals surface area contributed by atoms with Crippen LogP contribution < -0.4 is 5.73 Å². The molecular formula is C13H13Cl2N3. The summed E-state index contributed by atoms with van der Waals surface area (Å²) in [5, 5.41) is 1.25. The second-order valence-corrected chi connectivity index (χ2v) is 4.92. The fourth-order valence-corrected chi connectivity index (χ4v) is 2.20. The zero-order chi connectivity index (χ0) is 13.1. The molecule has 5 heteroatoms. The maximum absolute atomic E-state index is 6.12. The normalized spacial score (nSPS) is 12.4. The maximum atomic E-state index is 6.12. The largest absolute Gasteiger partial charge is 0.322 e. The van der Waals surface area contributed by atoms with Gasteiger partial charge < -0.3 is 5.73 Å². The molecule has 0 radical (unpaired) electrons. The number of halogens is 2. The monoisotopic (exact) mass is 281 g/mol. The van der Waals surface area contributed by atoms with E-state index in [1.54, 1.807) is 18.3 Å². The number of aryl methyl sites for hydroxylation is 1. The lowest BCUT2D eigenvalue weighted by Gasteiger charge is -2.12. The van der Waals surface area contributed by atoms with Crippen molar-refractivity contribution in [3.63, 3.8) is 0 Å². The van der Waals surface area contributed by atoms with E-state index >= 15 is 0 Å². The van der Waals surface area contributed by atoms with Gasteiger partial charge in [-0.1, -0.05) is 29.3 Å². The molecule has 0 aliphatic carbocycles. The fourth-order valence-electron chi connectivity index (χ4n) is 1.71. The number of hydrogen-bond donors (Lipinski definition) is 1. The van der Waals surface area contributed by atoms with Gasteiger partial charge in [-0.25, -0.2) is 9.97 Å². The Morgan fingerprint density at radius 1 is 1.28 bits per heavy atom. The van der Waals surface area contributed by atoms with Crippen LogP contribution in [0.3, 0.4) is 0 Å². The summed E-state index contributed by atoms with van der Waals surface area (Å²) in [7, 11) is 0. The molecule has 0 spiro atoms. The van der Waals surface area contributed by atoms with Crippen molar-refractivity contribution in [2.45, 2.75) is 19.4 Å². The Morgan fingerprint density at radius 3 is 2.72 bits per heavy atom. The molecule has 1 unspecified atom stereocenters. The highest BCUT2D eigenvalue weighted by Crippen LogP contribution is 2.24. The molecule has 0 saturated carbocycles. The van der Waals surface area contributed by atoms with Gasteiger partial charge in [0.05, 0.1) is 11.7 Å². The average molecular weight is 282 g/mol. The lowest BCUT2D eigenvalue weighted by molar-refractivity contribution is 0.688. The number of nitrogens with zero attached hydrogens (tertiary/aromatic N) is 2. The third kappa shape index (κ3) is 3.19. The van der Waals surface area contributed by atoms with Crippen molar-refractivity contribution in [2.24, 2.45) is 5.73 Å². The Kier molecular flexibility index (Phi) is 4.17. The van der Waals surface area contributed by atoms with Crippen LogP contribution in [0, 0.1) is 6.92 Å². The smallest absolute Gasteiger partial charge is 0.125 e. The minimum atomic E-state index is -0.203. The summed E-state index contributed by atoms with van der Waals surface area (Å²) in [4.78, 5) is 8.36. The molecule has 18 heavy (non-hydrogen) atoms. The van der Waals surface area contributed by atoms with E-state index in [4.69, 9.17) is 28.9 Å². The molecule has 1 aromatic carbocycles. The third-order valence-electron chi connectivity index (χ3n) is 2.63. The Morgan fingerprint density at radius 2 is 2.06 bits per heavy atom. The predicted octanol–water partition coefficient (Wildman–Crippen LogP) is 3.33. The topological polar surface area (TPSA) is 51.8 Å². The molecule has 0 amide bonds.